The van der Waals surface area contributed by atoms with Crippen LogP contribution in [-0.4, -0.2) is 19.6 Å². The third-order valence-electron chi connectivity index (χ3n) is 3.70. The van der Waals surface area contributed by atoms with Crippen LogP contribution in [0.25, 0.3) is 0 Å². The Labute approximate surface area is 160 Å². The molecule has 0 fully saturated rings. The average molecular weight is 398 g/mol. The number of carbonyl (C=O) groups excluding carboxylic acids is 1. The van der Waals surface area contributed by atoms with Crippen molar-refractivity contribution in [2.24, 2.45) is 0 Å². The highest BCUT2D eigenvalue weighted by atomic mass is 32.2. The van der Waals surface area contributed by atoms with Crippen molar-refractivity contribution < 1.29 is 22.9 Å². The molecular formula is C19H14N2O6S. The van der Waals surface area contributed by atoms with Gasteiger partial charge in [0.2, 0.25) is 0 Å². The summed E-state index contributed by atoms with van der Waals surface area (Å²) in [4.78, 5) is 21.4. The molecule has 8 nitrogen and oxygen atoms in total. The van der Waals surface area contributed by atoms with E-state index in [2.05, 4.69) is 4.72 Å². The van der Waals surface area contributed by atoms with Crippen LogP contribution >= 0.6 is 0 Å². The number of nitro benzene ring substituents is 1. The zero-order valence-corrected chi connectivity index (χ0v) is 15.1. The van der Waals surface area contributed by atoms with E-state index in [0.717, 1.165) is 0 Å². The molecule has 0 unspecified atom stereocenters. The summed E-state index contributed by atoms with van der Waals surface area (Å²) in [6, 6.07) is 17.8. The monoisotopic (exact) mass is 398 g/mol. The van der Waals surface area contributed by atoms with E-state index in [0.29, 0.717) is 12.0 Å². The van der Waals surface area contributed by atoms with E-state index < -0.39 is 14.9 Å². The molecule has 0 bridgehead atoms. The van der Waals surface area contributed by atoms with Crippen LogP contribution < -0.4 is 9.46 Å². The van der Waals surface area contributed by atoms with Gasteiger partial charge in [0.05, 0.1) is 21.1 Å². The summed E-state index contributed by atoms with van der Waals surface area (Å²) < 4.78 is 32.9. The van der Waals surface area contributed by atoms with Crippen molar-refractivity contribution in [1.29, 1.82) is 0 Å². The Morgan fingerprint density at radius 3 is 2.32 bits per heavy atom. The van der Waals surface area contributed by atoms with Gasteiger partial charge in [0.1, 0.15) is 11.5 Å². The molecule has 0 saturated heterocycles. The molecule has 3 rings (SSSR count). The molecule has 0 radical (unpaired) electrons. The number of nitrogens with zero attached hydrogens (tertiary/aromatic N) is 1. The predicted octanol–water partition coefficient (Wildman–Crippen LogP) is 4.00. The normalized spacial score (nSPS) is 10.9. The second kappa shape index (κ2) is 7.89. The van der Waals surface area contributed by atoms with Crippen molar-refractivity contribution in [3.8, 4) is 11.5 Å². The Bertz CT molecular complexity index is 1130. The number of nitro groups is 1. The lowest BCUT2D eigenvalue weighted by molar-refractivity contribution is -0.385. The standard InChI is InChI=1S/C19H14N2O6S/c22-13-14-11-17(9-10-19(14)21(23)24)27-16-6-4-5-15(12-16)20-28(25,26)18-7-2-1-3-8-18/h1-13,20H. The Morgan fingerprint density at radius 2 is 1.64 bits per heavy atom. The van der Waals surface area contributed by atoms with E-state index in [-0.39, 0.29) is 27.6 Å². The Balaban J connectivity index is 1.82. The highest BCUT2D eigenvalue weighted by Crippen LogP contribution is 2.28. The first-order valence-electron chi connectivity index (χ1n) is 7.98. The second-order valence-corrected chi connectivity index (χ2v) is 7.33. The fourth-order valence-corrected chi connectivity index (χ4v) is 3.50. The number of hydrogen-bond acceptors (Lipinski definition) is 6. The summed E-state index contributed by atoms with van der Waals surface area (Å²) in [5.74, 6) is 0.495. The Kier molecular flexibility index (Phi) is 5.37. The Hall–Kier alpha value is -3.72. The Morgan fingerprint density at radius 1 is 0.929 bits per heavy atom. The van der Waals surface area contributed by atoms with Crippen LogP contribution in [-0.2, 0) is 10.0 Å². The number of carbonyl (C=O) groups is 1. The molecule has 0 amide bonds. The number of ether oxygens (including phenoxy) is 1. The summed E-state index contributed by atoms with van der Waals surface area (Å²) in [5, 5.41) is 10.9. The number of nitrogens with one attached hydrogen (secondary N) is 1. The first kappa shape index (κ1) is 19.1. The number of aldehydes is 1. The third kappa shape index (κ3) is 4.33. The van der Waals surface area contributed by atoms with Gasteiger partial charge in [-0.25, -0.2) is 8.42 Å². The number of hydrogen-bond donors (Lipinski definition) is 1. The predicted molar refractivity (Wildman–Crippen MR) is 102 cm³/mol. The number of sulfonamides is 1. The van der Waals surface area contributed by atoms with Gasteiger partial charge in [0, 0.05) is 12.1 Å². The minimum absolute atomic E-state index is 0.118. The molecule has 142 valence electrons. The van der Waals surface area contributed by atoms with Gasteiger partial charge in [0.15, 0.2) is 6.29 Å². The molecule has 0 aliphatic carbocycles. The van der Waals surface area contributed by atoms with Gasteiger partial charge in [-0.05, 0) is 36.4 Å². The first-order valence-corrected chi connectivity index (χ1v) is 9.47. The second-order valence-electron chi connectivity index (χ2n) is 5.64. The molecule has 0 aliphatic heterocycles. The smallest absolute Gasteiger partial charge is 0.280 e. The lowest BCUT2D eigenvalue weighted by Gasteiger charge is -2.11. The van der Waals surface area contributed by atoms with Gasteiger partial charge in [-0.15, -0.1) is 0 Å². The summed E-state index contributed by atoms with van der Waals surface area (Å²) in [5.41, 5.74) is -0.172. The van der Waals surface area contributed by atoms with Crippen molar-refractivity contribution in [3.05, 3.63) is 88.5 Å². The molecule has 1 N–H and O–H groups in total. The number of anilines is 1. The fraction of sp³-hybridized carbons (Fsp3) is 0. The van der Waals surface area contributed by atoms with Crippen LogP contribution in [0.5, 0.6) is 11.5 Å². The first-order chi connectivity index (χ1) is 13.4. The molecule has 3 aromatic carbocycles. The minimum atomic E-state index is -3.76. The van der Waals surface area contributed by atoms with Crippen molar-refractivity contribution in [3.63, 3.8) is 0 Å². The summed E-state index contributed by atoms with van der Waals surface area (Å²) in [6.07, 6.45) is 0.370. The zero-order valence-electron chi connectivity index (χ0n) is 14.3. The quantitative estimate of drug-likeness (QED) is 0.365. The largest absolute Gasteiger partial charge is 0.457 e. The van der Waals surface area contributed by atoms with Crippen molar-refractivity contribution in [2.45, 2.75) is 4.90 Å². The van der Waals surface area contributed by atoms with E-state index in [1.165, 1.54) is 36.4 Å². The van der Waals surface area contributed by atoms with Crippen LogP contribution in [0.15, 0.2) is 77.7 Å². The molecule has 28 heavy (non-hydrogen) atoms. The summed E-state index contributed by atoms with van der Waals surface area (Å²) in [6.45, 7) is 0. The molecule has 0 heterocycles. The van der Waals surface area contributed by atoms with Crippen molar-refractivity contribution in [2.75, 3.05) is 4.72 Å². The molecule has 3 aromatic rings. The van der Waals surface area contributed by atoms with Crippen LogP contribution in [0.2, 0.25) is 0 Å². The third-order valence-corrected chi connectivity index (χ3v) is 5.10. The summed E-state index contributed by atoms with van der Waals surface area (Å²) >= 11 is 0. The number of rotatable bonds is 7. The molecule has 9 heteroatoms. The fourth-order valence-electron chi connectivity index (χ4n) is 2.43. The molecule has 0 spiro atoms. The summed E-state index contributed by atoms with van der Waals surface area (Å²) in [7, 11) is -3.76. The lowest BCUT2D eigenvalue weighted by atomic mass is 10.2. The minimum Gasteiger partial charge on any atom is -0.457 e. The van der Waals surface area contributed by atoms with Crippen molar-refractivity contribution in [1.82, 2.24) is 0 Å². The van der Waals surface area contributed by atoms with E-state index in [1.807, 2.05) is 0 Å². The SMILES string of the molecule is O=Cc1cc(Oc2cccc(NS(=O)(=O)c3ccccc3)c2)ccc1[N+](=O)[O-]. The topological polar surface area (TPSA) is 116 Å². The van der Waals surface area contributed by atoms with Gasteiger partial charge < -0.3 is 4.74 Å². The molecule has 0 saturated carbocycles. The maximum Gasteiger partial charge on any atom is 0.280 e. The maximum absolute atomic E-state index is 12.4. The van der Waals surface area contributed by atoms with Crippen molar-refractivity contribution >= 4 is 27.7 Å². The van der Waals surface area contributed by atoms with Gasteiger partial charge in [-0.3, -0.25) is 19.6 Å². The highest BCUT2D eigenvalue weighted by Gasteiger charge is 2.15. The van der Waals surface area contributed by atoms with Crippen LogP contribution in [0.3, 0.4) is 0 Å². The molecule has 0 aliphatic rings. The van der Waals surface area contributed by atoms with Crippen LogP contribution in [0.1, 0.15) is 10.4 Å². The lowest BCUT2D eigenvalue weighted by Crippen LogP contribution is -2.12. The van der Waals surface area contributed by atoms with E-state index in [4.69, 9.17) is 4.74 Å². The maximum atomic E-state index is 12.4. The molecule has 0 atom stereocenters. The van der Waals surface area contributed by atoms with Crippen LogP contribution in [0, 0.1) is 10.1 Å². The van der Waals surface area contributed by atoms with E-state index >= 15 is 0 Å². The van der Waals surface area contributed by atoms with Gasteiger partial charge in [-0.1, -0.05) is 24.3 Å². The van der Waals surface area contributed by atoms with E-state index in [9.17, 15) is 23.3 Å². The van der Waals surface area contributed by atoms with Gasteiger partial charge in [0.25, 0.3) is 15.7 Å². The zero-order chi connectivity index (χ0) is 20.1. The highest BCUT2D eigenvalue weighted by molar-refractivity contribution is 7.92. The number of benzene rings is 3. The van der Waals surface area contributed by atoms with Gasteiger partial charge in [-0.2, -0.15) is 0 Å². The van der Waals surface area contributed by atoms with Gasteiger partial charge >= 0.3 is 0 Å². The average Bonchev–Trinajstić information content (AvgIpc) is 2.68. The molecular weight excluding hydrogens is 384 g/mol. The van der Waals surface area contributed by atoms with Crippen LogP contribution in [0.4, 0.5) is 11.4 Å². The molecule has 0 aromatic heterocycles. The van der Waals surface area contributed by atoms with E-state index in [1.54, 1.807) is 36.4 Å².